The molecule has 132 valence electrons. The monoisotopic (exact) mass is 347 g/mol. The van der Waals surface area contributed by atoms with Crippen LogP contribution in [0, 0.1) is 0 Å². The van der Waals surface area contributed by atoms with Crippen LogP contribution in [0.4, 0.5) is 0 Å². The van der Waals surface area contributed by atoms with Crippen LogP contribution in [0.5, 0.6) is 5.75 Å². The summed E-state index contributed by atoms with van der Waals surface area (Å²) in [6.07, 6.45) is 0. The van der Waals surface area contributed by atoms with Gasteiger partial charge in [0.15, 0.2) is 5.60 Å². The van der Waals surface area contributed by atoms with Crippen LogP contribution in [-0.2, 0) is 16.9 Å². The fourth-order valence-electron chi connectivity index (χ4n) is 2.94. The molecule has 0 spiro atoms. The molecule has 26 heavy (non-hydrogen) atoms. The minimum atomic E-state index is -1.77. The van der Waals surface area contributed by atoms with Crippen molar-refractivity contribution in [3.63, 3.8) is 0 Å². The van der Waals surface area contributed by atoms with Gasteiger partial charge in [0.2, 0.25) is 0 Å². The van der Waals surface area contributed by atoms with Gasteiger partial charge in [-0.2, -0.15) is 0 Å². The molecular formula is C22H21NO3. The number of benzene rings is 3. The van der Waals surface area contributed by atoms with E-state index in [-0.39, 0.29) is 6.54 Å². The highest BCUT2D eigenvalue weighted by atomic mass is 16.5. The largest absolute Gasteiger partial charge is 0.496 e. The summed E-state index contributed by atoms with van der Waals surface area (Å²) in [7, 11) is 1.59. The zero-order chi connectivity index (χ0) is 18.4. The molecule has 4 nitrogen and oxygen atoms in total. The molecule has 1 amide bonds. The van der Waals surface area contributed by atoms with Crippen molar-refractivity contribution in [2.45, 2.75) is 12.1 Å². The Labute approximate surface area is 153 Å². The van der Waals surface area contributed by atoms with E-state index in [0.29, 0.717) is 16.9 Å². The van der Waals surface area contributed by atoms with Gasteiger partial charge < -0.3 is 15.2 Å². The van der Waals surface area contributed by atoms with Gasteiger partial charge in [-0.25, -0.2) is 0 Å². The van der Waals surface area contributed by atoms with Crippen LogP contribution in [0.25, 0.3) is 0 Å². The fraction of sp³-hybridized carbons (Fsp3) is 0.136. The summed E-state index contributed by atoms with van der Waals surface area (Å²) in [4.78, 5) is 13.0. The number of methoxy groups -OCH3 is 1. The quantitative estimate of drug-likeness (QED) is 0.720. The maximum absolute atomic E-state index is 13.0. The highest BCUT2D eigenvalue weighted by Crippen LogP contribution is 2.30. The van der Waals surface area contributed by atoms with E-state index in [1.165, 1.54) is 0 Å². The lowest BCUT2D eigenvalue weighted by molar-refractivity contribution is -0.136. The third-order valence-electron chi connectivity index (χ3n) is 4.34. The van der Waals surface area contributed by atoms with E-state index in [2.05, 4.69) is 5.32 Å². The Morgan fingerprint density at radius 1 is 0.885 bits per heavy atom. The van der Waals surface area contributed by atoms with Gasteiger partial charge in [-0.1, -0.05) is 78.9 Å². The normalized spacial score (nSPS) is 11.0. The summed E-state index contributed by atoms with van der Waals surface area (Å²) in [5, 5.41) is 14.2. The number of amides is 1. The van der Waals surface area contributed by atoms with Crippen molar-refractivity contribution in [1.29, 1.82) is 0 Å². The average molecular weight is 347 g/mol. The van der Waals surface area contributed by atoms with Crippen molar-refractivity contribution < 1.29 is 14.6 Å². The molecule has 0 unspecified atom stereocenters. The van der Waals surface area contributed by atoms with E-state index in [1.54, 1.807) is 55.6 Å². The van der Waals surface area contributed by atoms with Gasteiger partial charge in [0.25, 0.3) is 5.91 Å². The molecule has 0 heterocycles. The number of para-hydroxylation sites is 1. The molecule has 0 saturated carbocycles. The molecule has 4 heteroatoms. The number of carbonyl (C=O) groups is 1. The standard InChI is InChI=1S/C22H21NO3/c1-26-20-15-9-8-10-17(20)16-23-21(24)22(25,18-11-4-2-5-12-18)19-13-6-3-7-14-19/h2-15,25H,16H2,1H3,(H,23,24). The second-order valence-electron chi connectivity index (χ2n) is 5.94. The van der Waals surface area contributed by atoms with Crippen molar-refractivity contribution in [1.82, 2.24) is 5.32 Å². The molecule has 0 radical (unpaired) electrons. The van der Waals surface area contributed by atoms with Crippen molar-refractivity contribution in [2.75, 3.05) is 7.11 Å². The molecule has 0 aromatic heterocycles. The molecule has 0 aliphatic carbocycles. The Bertz CT molecular complexity index is 823. The van der Waals surface area contributed by atoms with Crippen molar-refractivity contribution in [3.8, 4) is 5.75 Å². The molecular weight excluding hydrogens is 326 g/mol. The number of carbonyl (C=O) groups excluding carboxylic acids is 1. The van der Waals surface area contributed by atoms with Crippen LogP contribution in [-0.4, -0.2) is 18.1 Å². The zero-order valence-electron chi connectivity index (χ0n) is 14.6. The van der Waals surface area contributed by atoms with Gasteiger partial charge in [0, 0.05) is 12.1 Å². The minimum Gasteiger partial charge on any atom is -0.496 e. The smallest absolute Gasteiger partial charge is 0.261 e. The number of hydrogen-bond acceptors (Lipinski definition) is 3. The first-order valence-electron chi connectivity index (χ1n) is 8.40. The molecule has 0 aliphatic heterocycles. The third-order valence-corrected chi connectivity index (χ3v) is 4.34. The van der Waals surface area contributed by atoms with Crippen LogP contribution in [0.15, 0.2) is 84.9 Å². The number of aliphatic hydroxyl groups is 1. The van der Waals surface area contributed by atoms with E-state index >= 15 is 0 Å². The molecule has 0 bridgehead atoms. The SMILES string of the molecule is COc1ccccc1CNC(=O)C(O)(c1ccccc1)c1ccccc1. The van der Waals surface area contributed by atoms with Gasteiger partial charge in [-0.05, 0) is 17.2 Å². The minimum absolute atomic E-state index is 0.255. The number of rotatable bonds is 6. The predicted molar refractivity (Wildman–Crippen MR) is 101 cm³/mol. The highest BCUT2D eigenvalue weighted by molar-refractivity contribution is 5.90. The topological polar surface area (TPSA) is 58.6 Å². The van der Waals surface area contributed by atoms with E-state index in [4.69, 9.17) is 4.74 Å². The molecule has 3 aromatic rings. The van der Waals surface area contributed by atoms with Gasteiger partial charge in [0.05, 0.1) is 7.11 Å². The molecule has 2 N–H and O–H groups in total. The second-order valence-corrected chi connectivity index (χ2v) is 5.94. The van der Waals surface area contributed by atoms with Crippen LogP contribution >= 0.6 is 0 Å². The summed E-state index contributed by atoms with van der Waals surface area (Å²) in [6, 6.07) is 25.4. The van der Waals surface area contributed by atoms with Gasteiger partial charge in [-0.3, -0.25) is 4.79 Å². The number of nitrogens with one attached hydrogen (secondary N) is 1. The van der Waals surface area contributed by atoms with Gasteiger partial charge in [-0.15, -0.1) is 0 Å². The Hall–Kier alpha value is -3.11. The maximum Gasteiger partial charge on any atom is 0.261 e. The molecule has 0 fully saturated rings. The summed E-state index contributed by atoms with van der Waals surface area (Å²) < 4.78 is 5.32. The molecule has 0 aliphatic rings. The van der Waals surface area contributed by atoms with E-state index in [9.17, 15) is 9.90 Å². The lowest BCUT2D eigenvalue weighted by atomic mass is 9.85. The van der Waals surface area contributed by atoms with Crippen LogP contribution in [0.2, 0.25) is 0 Å². The van der Waals surface area contributed by atoms with Crippen molar-refractivity contribution in [3.05, 3.63) is 102 Å². The Balaban J connectivity index is 1.91. The first-order chi connectivity index (χ1) is 12.7. The number of hydrogen-bond donors (Lipinski definition) is 2. The predicted octanol–water partition coefficient (Wildman–Crippen LogP) is 3.25. The van der Waals surface area contributed by atoms with Crippen LogP contribution in [0.1, 0.15) is 16.7 Å². The molecule has 0 atom stereocenters. The average Bonchev–Trinajstić information content (AvgIpc) is 2.72. The Morgan fingerprint density at radius 2 is 1.38 bits per heavy atom. The summed E-state index contributed by atoms with van der Waals surface area (Å²) in [5.74, 6) is 0.205. The van der Waals surface area contributed by atoms with Crippen molar-refractivity contribution >= 4 is 5.91 Å². The molecule has 3 aromatic carbocycles. The van der Waals surface area contributed by atoms with E-state index in [0.717, 1.165) is 5.56 Å². The van der Waals surface area contributed by atoms with Crippen molar-refractivity contribution in [2.24, 2.45) is 0 Å². The van der Waals surface area contributed by atoms with E-state index < -0.39 is 11.5 Å². The van der Waals surface area contributed by atoms with Gasteiger partial charge >= 0.3 is 0 Å². The first kappa shape index (κ1) is 17.7. The summed E-state index contributed by atoms with van der Waals surface area (Å²) in [6.45, 7) is 0.255. The zero-order valence-corrected chi connectivity index (χ0v) is 14.6. The van der Waals surface area contributed by atoms with Gasteiger partial charge in [0.1, 0.15) is 5.75 Å². The Morgan fingerprint density at radius 3 is 1.92 bits per heavy atom. The molecule has 0 saturated heterocycles. The first-order valence-corrected chi connectivity index (χ1v) is 8.40. The second kappa shape index (κ2) is 7.85. The highest BCUT2D eigenvalue weighted by Gasteiger charge is 2.39. The summed E-state index contributed by atoms with van der Waals surface area (Å²) >= 11 is 0. The Kier molecular flexibility index (Phi) is 5.34. The fourth-order valence-corrected chi connectivity index (χ4v) is 2.94. The number of ether oxygens (including phenoxy) is 1. The van der Waals surface area contributed by atoms with E-state index in [1.807, 2.05) is 36.4 Å². The third kappa shape index (κ3) is 3.46. The van der Waals surface area contributed by atoms with Crippen LogP contribution in [0.3, 0.4) is 0 Å². The van der Waals surface area contributed by atoms with Crippen LogP contribution < -0.4 is 10.1 Å². The lowest BCUT2D eigenvalue weighted by Gasteiger charge is -2.28. The summed E-state index contributed by atoms with van der Waals surface area (Å²) in [5.41, 5.74) is 0.101. The lowest BCUT2D eigenvalue weighted by Crippen LogP contribution is -2.45. The maximum atomic E-state index is 13.0. The molecule has 3 rings (SSSR count).